The van der Waals surface area contributed by atoms with E-state index in [4.69, 9.17) is 4.99 Å². The van der Waals surface area contributed by atoms with E-state index in [1.54, 1.807) is 0 Å². The molecule has 1 aliphatic rings. The summed E-state index contributed by atoms with van der Waals surface area (Å²) in [6, 6.07) is 4.52. The number of hydrogen-bond donors (Lipinski definition) is 2. The Balaban J connectivity index is 1.90. The number of hydrogen-bond acceptors (Lipinski definition) is 3. The van der Waals surface area contributed by atoms with E-state index in [2.05, 4.69) is 47.0 Å². The molecule has 1 fully saturated rings. The number of rotatable bonds is 6. The van der Waals surface area contributed by atoms with Gasteiger partial charge in [-0.25, -0.2) is 4.99 Å². The molecule has 5 heteroatoms. The average Bonchev–Trinajstić information content (AvgIpc) is 2.56. The van der Waals surface area contributed by atoms with Crippen molar-refractivity contribution in [2.75, 3.05) is 26.2 Å². The molecular formula is C18H29N5. The van der Waals surface area contributed by atoms with E-state index >= 15 is 0 Å². The molecule has 0 atom stereocenters. The summed E-state index contributed by atoms with van der Waals surface area (Å²) < 4.78 is 0. The van der Waals surface area contributed by atoms with Crippen LogP contribution in [0.3, 0.4) is 0 Å². The van der Waals surface area contributed by atoms with Gasteiger partial charge in [-0.1, -0.05) is 12.1 Å². The second-order valence-corrected chi connectivity index (χ2v) is 5.97. The highest BCUT2D eigenvalue weighted by molar-refractivity contribution is 5.80. The minimum absolute atomic E-state index is 0.485. The summed E-state index contributed by atoms with van der Waals surface area (Å²) >= 11 is 0. The predicted octanol–water partition coefficient (Wildman–Crippen LogP) is 2.10. The minimum Gasteiger partial charge on any atom is -0.357 e. The van der Waals surface area contributed by atoms with Gasteiger partial charge in [0, 0.05) is 38.4 Å². The summed E-state index contributed by atoms with van der Waals surface area (Å²) in [5.41, 5.74) is 2.22. The number of aromatic nitrogens is 1. The van der Waals surface area contributed by atoms with Crippen LogP contribution in [-0.2, 0) is 6.54 Å². The van der Waals surface area contributed by atoms with Gasteiger partial charge in [-0.05, 0) is 38.3 Å². The SMILES string of the molecule is C=CCN1CCC(NC(=NCc2ncccc2C)NCC)CC1. The average molecular weight is 315 g/mol. The van der Waals surface area contributed by atoms with Crippen LogP contribution in [0.1, 0.15) is 31.0 Å². The first-order chi connectivity index (χ1) is 11.2. The molecule has 1 aromatic rings. The summed E-state index contributed by atoms with van der Waals surface area (Å²) in [5, 5.41) is 6.91. The molecule has 0 saturated carbocycles. The molecule has 0 bridgehead atoms. The van der Waals surface area contributed by atoms with Crippen molar-refractivity contribution in [3.05, 3.63) is 42.2 Å². The van der Waals surface area contributed by atoms with E-state index in [0.717, 1.165) is 50.7 Å². The Kier molecular flexibility index (Phi) is 7.07. The summed E-state index contributed by atoms with van der Waals surface area (Å²) in [6.45, 7) is 12.7. The van der Waals surface area contributed by atoms with Gasteiger partial charge in [0.15, 0.2) is 5.96 Å². The Morgan fingerprint density at radius 3 is 2.91 bits per heavy atom. The first-order valence-electron chi connectivity index (χ1n) is 8.51. The molecule has 1 saturated heterocycles. The minimum atomic E-state index is 0.485. The maximum Gasteiger partial charge on any atom is 0.191 e. The number of pyridine rings is 1. The molecule has 0 spiro atoms. The van der Waals surface area contributed by atoms with Gasteiger partial charge >= 0.3 is 0 Å². The number of nitrogens with one attached hydrogen (secondary N) is 2. The number of guanidine groups is 1. The van der Waals surface area contributed by atoms with Crippen LogP contribution in [-0.4, -0.2) is 48.1 Å². The largest absolute Gasteiger partial charge is 0.357 e. The first-order valence-corrected chi connectivity index (χ1v) is 8.51. The third-order valence-electron chi connectivity index (χ3n) is 4.16. The van der Waals surface area contributed by atoms with Crippen LogP contribution in [0.2, 0.25) is 0 Å². The molecule has 0 radical (unpaired) electrons. The molecule has 0 unspecified atom stereocenters. The van der Waals surface area contributed by atoms with Crippen molar-refractivity contribution in [1.29, 1.82) is 0 Å². The Morgan fingerprint density at radius 2 is 2.26 bits per heavy atom. The van der Waals surface area contributed by atoms with Crippen LogP contribution in [0.25, 0.3) is 0 Å². The zero-order valence-electron chi connectivity index (χ0n) is 14.4. The van der Waals surface area contributed by atoms with Crippen molar-refractivity contribution in [3.63, 3.8) is 0 Å². The topological polar surface area (TPSA) is 52.5 Å². The summed E-state index contributed by atoms with van der Waals surface area (Å²) in [5.74, 6) is 0.889. The highest BCUT2D eigenvalue weighted by atomic mass is 15.2. The molecule has 2 N–H and O–H groups in total. The van der Waals surface area contributed by atoms with E-state index in [1.807, 2.05) is 18.3 Å². The van der Waals surface area contributed by atoms with Gasteiger partial charge in [0.2, 0.25) is 0 Å². The fourth-order valence-corrected chi connectivity index (χ4v) is 2.79. The fraction of sp³-hybridized carbons (Fsp3) is 0.556. The molecule has 2 heterocycles. The quantitative estimate of drug-likeness (QED) is 0.479. The van der Waals surface area contributed by atoms with Gasteiger partial charge in [0.05, 0.1) is 12.2 Å². The van der Waals surface area contributed by atoms with Gasteiger partial charge < -0.3 is 10.6 Å². The van der Waals surface area contributed by atoms with Crippen LogP contribution in [0.4, 0.5) is 0 Å². The standard InChI is InChI=1S/C18H29N5/c1-4-11-23-12-8-16(9-13-23)22-18(19-5-2)21-14-17-15(3)7-6-10-20-17/h4,6-7,10,16H,1,5,8-9,11-14H2,2-3H3,(H2,19,21,22). The summed E-state index contributed by atoms with van der Waals surface area (Å²) in [4.78, 5) is 11.5. The van der Waals surface area contributed by atoms with Crippen LogP contribution >= 0.6 is 0 Å². The Hall–Kier alpha value is -1.88. The van der Waals surface area contributed by atoms with Crippen molar-refractivity contribution in [3.8, 4) is 0 Å². The third-order valence-corrected chi connectivity index (χ3v) is 4.16. The van der Waals surface area contributed by atoms with Gasteiger partial charge in [0.25, 0.3) is 0 Å². The lowest BCUT2D eigenvalue weighted by Gasteiger charge is -2.32. The molecule has 1 aromatic heterocycles. The number of aryl methyl sites for hydroxylation is 1. The molecule has 2 rings (SSSR count). The van der Waals surface area contributed by atoms with Gasteiger partial charge in [-0.3, -0.25) is 9.88 Å². The molecule has 1 aliphatic heterocycles. The lowest BCUT2D eigenvalue weighted by Crippen LogP contribution is -2.48. The third kappa shape index (κ3) is 5.67. The number of piperidine rings is 1. The van der Waals surface area contributed by atoms with Crippen LogP contribution in [0.5, 0.6) is 0 Å². The zero-order chi connectivity index (χ0) is 16.5. The van der Waals surface area contributed by atoms with Crippen LogP contribution in [0.15, 0.2) is 36.0 Å². The van der Waals surface area contributed by atoms with Crippen molar-refractivity contribution in [2.24, 2.45) is 4.99 Å². The summed E-state index contributed by atoms with van der Waals surface area (Å²) in [7, 11) is 0. The number of nitrogens with zero attached hydrogens (tertiary/aromatic N) is 3. The maximum atomic E-state index is 4.70. The van der Waals surface area contributed by atoms with Crippen molar-refractivity contribution in [1.82, 2.24) is 20.5 Å². The maximum absolute atomic E-state index is 4.70. The fourth-order valence-electron chi connectivity index (χ4n) is 2.79. The molecule has 0 amide bonds. The second-order valence-electron chi connectivity index (χ2n) is 5.97. The van der Waals surface area contributed by atoms with Crippen molar-refractivity contribution < 1.29 is 0 Å². The molecule has 23 heavy (non-hydrogen) atoms. The second kappa shape index (κ2) is 9.30. The molecule has 126 valence electrons. The Bertz CT molecular complexity index is 518. The van der Waals surface area contributed by atoms with Crippen molar-refractivity contribution >= 4 is 5.96 Å². The molecule has 0 aromatic carbocycles. The lowest BCUT2D eigenvalue weighted by molar-refractivity contribution is 0.225. The number of likely N-dealkylation sites (tertiary alicyclic amines) is 1. The molecular weight excluding hydrogens is 286 g/mol. The van der Waals surface area contributed by atoms with E-state index in [-0.39, 0.29) is 0 Å². The molecule has 0 aliphatic carbocycles. The lowest BCUT2D eigenvalue weighted by atomic mass is 10.1. The van der Waals surface area contributed by atoms with Crippen LogP contribution < -0.4 is 10.6 Å². The van der Waals surface area contributed by atoms with E-state index in [0.29, 0.717) is 12.6 Å². The van der Waals surface area contributed by atoms with E-state index in [1.165, 1.54) is 5.56 Å². The highest BCUT2D eigenvalue weighted by Crippen LogP contribution is 2.10. The molecule has 5 nitrogen and oxygen atoms in total. The zero-order valence-corrected chi connectivity index (χ0v) is 14.4. The monoisotopic (exact) mass is 315 g/mol. The van der Waals surface area contributed by atoms with E-state index in [9.17, 15) is 0 Å². The van der Waals surface area contributed by atoms with Crippen LogP contribution in [0, 0.1) is 6.92 Å². The normalized spacial score (nSPS) is 17.0. The highest BCUT2D eigenvalue weighted by Gasteiger charge is 2.19. The van der Waals surface area contributed by atoms with E-state index < -0.39 is 0 Å². The first kappa shape index (κ1) is 17.5. The Morgan fingerprint density at radius 1 is 1.48 bits per heavy atom. The smallest absolute Gasteiger partial charge is 0.191 e. The predicted molar refractivity (Wildman–Crippen MR) is 96.6 cm³/mol. The van der Waals surface area contributed by atoms with Gasteiger partial charge in [-0.15, -0.1) is 6.58 Å². The summed E-state index contributed by atoms with van der Waals surface area (Å²) in [6.07, 6.45) is 6.09. The van der Waals surface area contributed by atoms with Gasteiger partial charge in [-0.2, -0.15) is 0 Å². The Labute approximate surface area is 139 Å². The number of aliphatic imine (C=N–C) groups is 1. The van der Waals surface area contributed by atoms with Crippen molar-refractivity contribution in [2.45, 2.75) is 39.3 Å². The van der Waals surface area contributed by atoms with Gasteiger partial charge in [0.1, 0.15) is 0 Å².